The van der Waals surface area contributed by atoms with Crippen LogP contribution in [0.25, 0.3) is 134 Å². The van der Waals surface area contributed by atoms with Crippen LogP contribution in [-0.4, -0.2) is 47.1 Å². The second-order valence-electron chi connectivity index (χ2n) is 23.4. The molecule has 0 fully saturated rings. The molecule has 0 saturated heterocycles. The maximum absolute atomic E-state index is 5.24. The zero-order valence-electron chi connectivity index (χ0n) is 50.4. The summed E-state index contributed by atoms with van der Waals surface area (Å²) in [7, 11) is -3.08. The lowest BCUT2D eigenvalue weighted by Gasteiger charge is -2.34. The lowest BCUT2D eigenvalue weighted by molar-refractivity contribution is 1.07. The number of nitrogens with zero attached hydrogens (tertiary/aromatic N) is 8. The Morgan fingerprint density at radius 2 is 0.473 bits per heavy atom. The summed E-state index contributed by atoms with van der Waals surface area (Å²) in [6.07, 6.45) is 0. The van der Waals surface area contributed by atoms with E-state index in [1.165, 1.54) is 42.3 Å². The molecule has 0 spiro atoms. The first-order valence-corrected chi connectivity index (χ1v) is 33.3. The van der Waals surface area contributed by atoms with Crippen LogP contribution in [0.5, 0.6) is 0 Å². The van der Waals surface area contributed by atoms with E-state index in [0.717, 1.165) is 77.9 Å². The van der Waals surface area contributed by atoms with Crippen molar-refractivity contribution >= 4 is 72.4 Å². The molecule has 0 amide bonds. The van der Waals surface area contributed by atoms with E-state index in [-0.39, 0.29) is 0 Å². The van der Waals surface area contributed by atoms with Crippen LogP contribution in [-0.2, 0) is 0 Å². The van der Waals surface area contributed by atoms with Gasteiger partial charge in [0.15, 0.2) is 43.0 Å². The van der Waals surface area contributed by atoms with E-state index < -0.39 is 8.07 Å². The van der Waals surface area contributed by atoms with Gasteiger partial charge in [0.1, 0.15) is 0 Å². The second kappa shape index (κ2) is 23.3. The van der Waals surface area contributed by atoms with Crippen molar-refractivity contribution in [3.05, 3.63) is 340 Å². The summed E-state index contributed by atoms with van der Waals surface area (Å²) in [5.41, 5.74) is 14.3. The van der Waals surface area contributed by atoms with Crippen LogP contribution >= 0.6 is 0 Å². The van der Waals surface area contributed by atoms with E-state index in [1.807, 2.05) is 78.9 Å². The fourth-order valence-corrected chi connectivity index (χ4v) is 18.4. The van der Waals surface area contributed by atoms with Gasteiger partial charge in [0.05, 0.1) is 22.1 Å². The molecule has 0 N–H and O–H groups in total. The summed E-state index contributed by atoms with van der Waals surface area (Å²) >= 11 is 0. The monoisotopic (exact) mass is 1200 g/mol. The molecule has 0 saturated carbocycles. The summed E-state index contributed by atoms with van der Waals surface area (Å²) in [5.74, 6) is 3.69. The quantitative estimate of drug-likeness (QED) is 0.0844. The Kier molecular flexibility index (Phi) is 13.7. The maximum Gasteiger partial charge on any atom is 0.179 e. The van der Waals surface area contributed by atoms with Gasteiger partial charge >= 0.3 is 0 Å². The second-order valence-corrected chi connectivity index (χ2v) is 27.2. The molecule has 436 valence electrons. The first-order chi connectivity index (χ1) is 46.1. The van der Waals surface area contributed by atoms with Crippen molar-refractivity contribution in [2.75, 3.05) is 0 Å². The van der Waals surface area contributed by atoms with Gasteiger partial charge in [0.25, 0.3) is 0 Å². The molecule has 13 aromatic carbocycles. The molecule has 9 heteroatoms. The Bertz CT molecular complexity index is 5440. The Morgan fingerprint density at radius 3 is 0.892 bits per heavy atom. The van der Waals surface area contributed by atoms with Crippen molar-refractivity contribution in [2.45, 2.75) is 0 Å². The molecular formula is C84H56N8Si. The Morgan fingerprint density at radius 1 is 0.183 bits per heavy atom. The third kappa shape index (κ3) is 9.79. The highest BCUT2D eigenvalue weighted by molar-refractivity contribution is 7.20. The summed E-state index contributed by atoms with van der Waals surface area (Å²) in [6.45, 7) is 0. The van der Waals surface area contributed by atoms with Crippen LogP contribution in [0.4, 0.5) is 0 Å². The topological polar surface area (TPSA) is 87.2 Å². The molecule has 93 heavy (non-hydrogen) atoms. The molecule has 0 bridgehead atoms. The van der Waals surface area contributed by atoms with Gasteiger partial charge in [-0.1, -0.05) is 261 Å². The van der Waals surface area contributed by atoms with Crippen molar-refractivity contribution in [3.8, 4) is 90.8 Å². The van der Waals surface area contributed by atoms with Crippen LogP contribution < -0.4 is 20.7 Å². The molecule has 0 aliphatic rings. The third-order valence-electron chi connectivity index (χ3n) is 18.0. The highest BCUT2D eigenvalue weighted by Gasteiger charge is 2.42. The molecule has 17 aromatic rings. The fraction of sp³-hybridized carbons (Fsp3) is 0. The Hall–Kier alpha value is -12.3. The van der Waals surface area contributed by atoms with Crippen LogP contribution in [0, 0.1) is 0 Å². The van der Waals surface area contributed by atoms with E-state index in [0.29, 0.717) is 34.9 Å². The molecule has 0 aliphatic heterocycles. The number of aromatic nitrogens is 8. The zero-order chi connectivity index (χ0) is 61.7. The van der Waals surface area contributed by atoms with Crippen molar-refractivity contribution in [1.29, 1.82) is 0 Å². The summed E-state index contributed by atoms with van der Waals surface area (Å²) in [4.78, 5) is 30.6. The van der Waals surface area contributed by atoms with E-state index >= 15 is 0 Å². The number of benzene rings is 13. The standard InChI is InChI=1S/C84H56N8Si/c1-6-23-58(24-7-1)79-85-80(59-25-8-2-9-26-59)87-82(86-79)61-43-49-66(50-44-61)92-77-40-21-18-37-73(77)74-54-53-70(56-78(74)92)93(67-31-12-4-13-32-67,68-33-14-5-15-34-68)69-51-45-57(46-52-69)63-29-22-30-64(55-63)84-89-81(60-27-10-3-11-28-60)88-83(90-84)62-41-47-65(48-42-62)91-75-38-19-16-35-71(75)72-36-17-20-39-76(72)91/h1-56H. The minimum atomic E-state index is -3.08. The zero-order valence-corrected chi connectivity index (χ0v) is 51.4. The van der Waals surface area contributed by atoms with Gasteiger partial charge in [-0.05, 0) is 111 Å². The van der Waals surface area contributed by atoms with Gasteiger partial charge in [-0.2, -0.15) is 0 Å². The van der Waals surface area contributed by atoms with Crippen LogP contribution in [0.1, 0.15) is 0 Å². The van der Waals surface area contributed by atoms with Crippen molar-refractivity contribution < 1.29 is 0 Å². The van der Waals surface area contributed by atoms with Crippen LogP contribution in [0.2, 0.25) is 0 Å². The SMILES string of the molecule is c1ccc(-c2nc(-c3ccccc3)nc(-c3ccc(-n4c5ccccc5c5ccc([Si](c6ccccc6)(c6ccccc6)c6ccc(-c7cccc(-c8nc(-c9ccccc9)nc(-c9ccc(-n%10c%11ccccc%11c%11ccccc%11%10)cc9)n8)c7)cc6)cc54)cc3)n2)cc1. The summed E-state index contributed by atoms with van der Waals surface area (Å²) in [6, 6.07) is 121. The number of rotatable bonds is 13. The highest BCUT2D eigenvalue weighted by atomic mass is 28.3. The first-order valence-electron chi connectivity index (χ1n) is 31.3. The number of fused-ring (bicyclic) bond motifs is 6. The van der Waals surface area contributed by atoms with Gasteiger partial charge in [0.2, 0.25) is 0 Å². The predicted octanol–water partition coefficient (Wildman–Crippen LogP) is 17.3. The van der Waals surface area contributed by atoms with Gasteiger partial charge in [-0.25, -0.2) is 29.9 Å². The highest BCUT2D eigenvalue weighted by Crippen LogP contribution is 2.36. The maximum atomic E-state index is 5.24. The van der Waals surface area contributed by atoms with Crippen molar-refractivity contribution in [3.63, 3.8) is 0 Å². The van der Waals surface area contributed by atoms with Crippen LogP contribution in [0.3, 0.4) is 0 Å². The van der Waals surface area contributed by atoms with Gasteiger partial charge in [-0.3, -0.25) is 0 Å². The molecule has 4 heterocycles. The third-order valence-corrected chi connectivity index (χ3v) is 22.8. The minimum Gasteiger partial charge on any atom is -0.309 e. The van der Waals surface area contributed by atoms with Crippen LogP contribution in [0.15, 0.2) is 340 Å². The van der Waals surface area contributed by atoms with Crippen molar-refractivity contribution in [2.24, 2.45) is 0 Å². The summed E-state index contributed by atoms with van der Waals surface area (Å²) in [5, 5.41) is 9.95. The molecule has 0 atom stereocenters. The first kappa shape index (κ1) is 54.8. The minimum absolute atomic E-state index is 0.602. The molecule has 4 aromatic heterocycles. The number of hydrogen-bond acceptors (Lipinski definition) is 6. The fourth-order valence-electron chi connectivity index (χ4n) is 13.6. The largest absolute Gasteiger partial charge is 0.309 e. The van der Waals surface area contributed by atoms with E-state index in [9.17, 15) is 0 Å². The molecule has 0 unspecified atom stereocenters. The molecule has 17 rings (SSSR count). The Balaban J connectivity index is 0.756. The Labute approximate surface area is 538 Å². The molecule has 0 aliphatic carbocycles. The van der Waals surface area contributed by atoms with E-state index in [4.69, 9.17) is 29.9 Å². The molecule has 8 nitrogen and oxygen atoms in total. The van der Waals surface area contributed by atoms with E-state index in [2.05, 4.69) is 270 Å². The predicted molar refractivity (Wildman–Crippen MR) is 384 cm³/mol. The molecular weight excluding hydrogens is 1150 g/mol. The average molecular weight is 1210 g/mol. The lowest BCUT2D eigenvalue weighted by Crippen LogP contribution is -2.74. The van der Waals surface area contributed by atoms with Gasteiger partial charge in [-0.15, -0.1) is 0 Å². The van der Waals surface area contributed by atoms with E-state index in [1.54, 1.807) is 0 Å². The average Bonchev–Trinajstić information content (AvgIpc) is 1.27. The summed E-state index contributed by atoms with van der Waals surface area (Å²) < 4.78 is 4.75. The van der Waals surface area contributed by atoms with Gasteiger partial charge in [0, 0.05) is 66.3 Å². The van der Waals surface area contributed by atoms with Gasteiger partial charge < -0.3 is 9.13 Å². The number of hydrogen-bond donors (Lipinski definition) is 0. The normalized spacial score (nSPS) is 11.7. The van der Waals surface area contributed by atoms with Crippen molar-refractivity contribution in [1.82, 2.24) is 39.0 Å². The smallest absolute Gasteiger partial charge is 0.179 e. The lowest BCUT2D eigenvalue weighted by atomic mass is 10.0. The number of para-hydroxylation sites is 3. The molecule has 0 radical (unpaired) electrons.